The van der Waals surface area contributed by atoms with Crippen molar-refractivity contribution in [2.75, 3.05) is 13.2 Å². The van der Waals surface area contributed by atoms with E-state index in [9.17, 15) is 0 Å². The Bertz CT molecular complexity index is 505. The van der Waals surface area contributed by atoms with Gasteiger partial charge in [0.2, 0.25) is 0 Å². The summed E-state index contributed by atoms with van der Waals surface area (Å²) >= 11 is 0. The van der Waals surface area contributed by atoms with Gasteiger partial charge in [0.1, 0.15) is 5.75 Å². The molecule has 0 aliphatic rings. The molecule has 0 aliphatic heterocycles. The van der Waals surface area contributed by atoms with E-state index >= 15 is 0 Å². The van der Waals surface area contributed by atoms with Gasteiger partial charge in [-0.05, 0) is 30.5 Å². The number of hydrogen-bond acceptors (Lipinski definition) is 3. The van der Waals surface area contributed by atoms with Gasteiger partial charge in [-0.1, -0.05) is 26.0 Å². The highest BCUT2D eigenvalue weighted by Crippen LogP contribution is 2.18. The summed E-state index contributed by atoms with van der Waals surface area (Å²) in [4.78, 5) is 7.13. The molecule has 0 spiro atoms. The Hall–Kier alpha value is -1.81. The second-order valence-electron chi connectivity index (χ2n) is 5.78. The molecule has 4 nitrogen and oxygen atoms in total. The summed E-state index contributed by atoms with van der Waals surface area (Å²) in [5.74, 6) is 1.49. The van der Waals surface area contributed by atoms with Gasteiger partial charge in [0.15, 0.2) is 0 Å². The number of benzene rings is 1. The third-order valence-electron chi connectivity index (χ3n) is 3.36. The Morgan fingerprint density at radius 1 is 1.19 bits per heavy atom. The lowest BCUT2D eigenvalue weighted by Crippen LogP contribution is -2.21. The third kappa shape index (κ3) is 5.23. The maximum atomic E-state index is 5.70. The Balaban J connectivity index is 1.77. The molecule has 1 heterocycles. The van der Waals surface area contributed by atoms with Crippen molar-refractivity contribution in [2.45, 2.75) is 33.2 Å². The highest BCUT2D eigenvalue weighted by molar-refractivity contribution is 5.29. The number of nitrogens with zero attached hydrogens (tertiary/aromatic N) is 1. The van der Waals surface area contributed by atoms with Crippen LogP contribution in [0, 0.1) is 5.92 Å². The van der Waals surface area contributed by atoms with Gasteiger partial charge < -0.3 is 15.0 Å². The van der Waals surface area contributed by atoms with Gasteiger partial charge in [-0.2, -0.15) is 0 Å². The van der Waals surface area contributed by atoms with Crippen molar-refractivity contribution in [1.82, 2.24) is 15.3 Å². The summed E-state index contributed by atoms with van der Waals surface area (Å²) < 4.78 is 5.70. The van der Waals surface area contributed by atoms with Crippen LogP contribution in [0.15, 0.2) is 36.8 Å². The van der Waals surface area contributed by atoms with Crippen molar-refractivity contribution < 1.29 is 4.74 Å². The molecule has 1 aromatic heterocycles. The minimum atomic E-state index is 0.326. The number of imidazole rings is 1. The summed E-state index contributed by atoms with van der Waals surface area (Å²) in [7, 11) is 0. The van der Waals surface area contributed by atoms with E-state index < -0.39 is 0 Å². The summed E-state index contributed by atoms with van der Waals surface area (Å²) in [5.41, 5.74) is 2.43. The molecule has 1 unspecified atom stereocenters. The van der Waals surface area contributed by atoms with E-state index in [0.29, 0.717) is 12.0 Å². The first-order valence-corrected chi connectivity index (χ1v) is 7.58. The van der Waals surface area contributed by atoms with Gasteiger partial charge in [-0.25, -0.2) is 4.98 Å². The average molecular weight is 287 g/mol. The van der Waals surface area contributed by atoms with Crippen LogP contribution in [-0.4, -0.2) is 23.1 Å². The highest BCUT2D eigenvalue weighted by atomic mass is 16.5. The molecule has 0 radical (unpaired) electrons. The van der Waals surface area contributed by atoms with Crippen molar-refractivity contribution in [3.63, 3.8) is 0 Å². The Morgan fingerprint density at radius 3 is 2.57 bits per heavy atom. The topological polar surface area (TPSA) is 49.9 Å². The number of aromatic nitrogens is 2. The maximum absolute atomic E-state index is 5.70. The van der Waals surface area contributed by atoms with E-state index in [4.69, 9.17) is 4.74 Å². The zero-order valence-corrected chi connectivity index (χ0v) is 13.1. The maximum Gasteiger partial charge on any atom is 0.119 e. The van der Waals surface area contributed by atoms with E-state index in [0.717, 1.165) is 31.0 Å². The molecular weight excluding hydrogens is 262 g/mol. The molecule has 4 heteroatoms. The number of hydrogen-bond donors (Lipinski definition) is 2. The second-order valence-corrected chi connectivity index (χ2v) is 5.78. The number of H-pyrrole nitrogens is 1. The fraction of sp³-hybridized carbons (Fsp3) is 0.471. The van der Waals surface area contributed by atoms with Crippen LogP contribution in [0.5, 0.6) is 5.75 Å². The molecule has 114 valence electrons. The minimum absolute atomic E-state index is 0.326. The lowest BCUT2D eigenvalue weighted by atomic mass is 10.1. The molecule has 21 heavy (non-hydrogen) atoms. The molecule has 1 aromatic carbocycles. The smallest absolute Gasteiger partial charge is 0.119 e. The van der Waals surface area contributed by atoms with Crippen LogP contribution in [0.2, 0.25) is 0 Å². The SMILES string of the molecule is CC(C)COc1ccc(C(C)NCCc2cnc[nH]2)cc1. The van der Waals surface area contributed by atoms with Crippen LogP contribution in [-0.2, 0) is 6.42 Å². The lowest BCUT2D eigenvalue weighted by molar-refractivity contribution is 0.271. The van der Waals surface area contributed by atoms with E-state index in [1.807, 2.05) is 18.3 Å². The Labute approximate surface area is 127 Å². The van der Waals surface area contributed by atoms with Gasteiger partial charge in [-0.3, -0.25) is 0 Å². The van der Waals surface area contributed by atoms with E-state index in [-0.39, 0.29) is 0 Å². The first-order valence-electron chi connectivity index (χ1n) is 7.58. The molecular formula is C17H25N3O. The van der Waals surface area contributed by atoms with Gasteiger partial charge in [0, 0.05) is 30.9 Å². The molecule has 0 bridgehead atoms. The minimum Gasteiger partial charge on any atom is -0.493 e. The van der Waals surface area contributed by atoms with E-state index in [1.165, 1.54) is 5.56 Å². The molecule has 0 fully saturated rings. The molecule has 2 rings (SSSR count). The number of nitrogens with one attached hydrogen (secondary N) is 2. The fourth-order valence-electron chi connectivity index (χ4n) is 2.08. The molecule has 0 amide bonds. The van der Waals surface area contributed by atoms with Gasteiger partial charge in [0.05, 0.1) is 12.9 Å². The number of ether oxygens (including phenoxy) is 1. The van der Waals surface area contributed by atoms with E-state index in [1.54, 1.807) is 6.33 Å². The monoisotopic (exact) mass is 287 g/mol. The Morgan fingerprint density at radius 2 is 1.95 bits per heavy atom. The van der Waals surface area contributed by atoms with Crippen LogP contribution in [0.4, 0.5) is 0 Å². The normalized spacial score (nSPS) is 12.6. The quantitative estimate of drug-likeness (QED) is 0.783. The van der Waals surface area contributed by atoms with Crippen molar-refractivity contribution in [3.05, 3.63) is 48.0 Å². The van der Waals surface area contributed by atoms with Gasteiger partial charge in [-0.15, -0.1) is 0 Å². The molecule has 0 saturated heterocycles. The largest absolute Gasteiger partial charge is 0.493 e. The first kappa shape index (κ1) is 15.6. The summed E-state index contributed by atoms with van der Waals surface area (Å²) in [6.45, 7) is 8.17. The zero-order valence-electron chi connectivity index (χ0n) is 13.1. The predicted octanol–water partition coefficient (Wildman–Crippen LogP) is 3.34. The lowest BCUT2D eigenvalue weighted by Gasteiger charge is -2.15. The molecule has 0 saturated carbocycles. The molecule has 2 aromatic rings. The highest BCUT2D eigenvalue weighted by Gasteiger charge is 2.05. The predicted molar refractivity (Wildman–Crippen MR) is 85.5 cm³/mol. The molecule has 0 aliphatic carbocycles. The van der Waals surface area contributed by atoms with Crippen molar-refractivity contribution >= 4 is 0 Å². The van der Waals surface area contributed by atoms with E-state index in [2.05, 4.69) is 48.2 Å². The van der Waals surface area contributed by atoms with Crippen molar-refractivity contribution in [1.29, 1.82) is 0 Å². The molecule has 2 N–H and O–H groups in total. The van der Waals surface area contributed by atoms with Gasteiger partial charge >= 0.3 is 0 Å². The van der Waals surface area contributed by atoms with Crippen LogP contribution in [0.1, 0.15) is 38.1 Å². The first-order chi connectivity index (χ1) is 10.1. The second kappa shape index (κ2) is 7.84. The standard InChI is InChI=1S/C17H25N3O/c1-13(2)11-21-17-6-4-15(5-7-17)14(3)19-9-8-16-10-18-12-20-16/h4-7,10,12-14,19H,8-9,11H2,1-3H3,(H,18,20). The van der Waals surface area contributed by atoms with Crippen molar-refractivity contribution in [3.8, 4) is 5.75 Å². The molecule has 1 atom stereocenters. The third-order valence-corrected chi connectivity index (χ3v) is 3.36. The van der Waals surface area contributed by atoms with Crippen LogP contribution >= 0.6 is 0 Å². The summed E-state index contributed by atoms with van der Waals surface area (Å²) in [6.07, 6.45) is 4.54. The number of aromatic amines is 1. The van der Waals surface area contributed by atoms with Crippen molar-refractivity contribution in [2.24, 2.45) is 5.92 Å². The van der Waals surface area contributed by atoms with Crippen LogP contribution < -0.4 is 10.1 Å². The van der Waals surface area contributed by atoms with Gasteiger partial charge in [0.25, 0.3) is 0 Å². The Kier molecular flexibility index (Phi) is 5.81. The zero-order chi connectivity index (χ0) is 15.1. The van der Waals surface area contributed by atoms with Crippen LogP contribution in [0.3, 0.4) is 0 Å². The average Bonchev–Trinajstić information content (AvgIpc) is 2.99. The van der Waals surface area contributed by atoms with Crippen LogP contribution in [0.25, 0.3) is 0 Å². The fourth-order valence-corrected chi connectivity index (χ4v) is 2.08. The summed E-state index contributed by atoms with van der Waals surface area (Å²) in [6, 6.07) is 8.68. The number of rotatable bonds is 8. The summed E-state index contributed by atoms with van der Waals surface area (Å²) in [5, 5.41) is 3.52.